The number of hydrogen-bond acceptors (Lipinski definition) is 5. The quantitative estimate of drug-likeness (QED) is 0.830. The molecule has 1 aromatic heterocycles. The number of aryl methyl sites for hydroxylation is 2. The van der Waals surface area contributed by atoms with Gasteiger partial charge in [-0.3, -0.25) is 9.48 Å². The van der Waals surface area contributed by atoms with Crippen LogP contribution in [0.4, 0.5) is 0 Å². The van der Waals surface area contributed by atoms with Gasteiger partial charge in [0.25, 0.3) is 5.91 Å². The van der Waals surface area contributed by atoms with Crippen LogP contribution in [0.2, 0.25) is 0 Å². The number of amides is 1. The molecule has 2 atom stereocenters. The summed E-state index contributed by atoms with van der Waals surface area (Å²) in [7, 11) is 3.30. The summed E-state index contributed by atoms with van der Waals surface area (Å²) in [6, 6.07) is -0.864. The van der Waals surface area contributed by atoms with Gasteiger partial charge in [0.05, 0.1) is 11.8 Å². The van der Waals surface area contributed by atoms with Gasteiger partial charge >= 0.3 is 5.97 Å². The molecule has 1 aromatic rings. The molecule has 0 aromatic carbocycles. The number of nitrogens with zero attached hydrogens (tertiary/aromatic N) is 3. The average Bonchev–Trinajstić information content (AvgIpc) is 3.00. The number of likely N-dealkylation sites (tertiary alicyclic amines) is 1. The number of ether oxygens (including phenoxy) is 2. The van der Waals surface area contributed by atoms with Crippen molar-refractivity contribution in [1.29, 1.82) is 0 Å². The van der Waals surface area contributed by atoms with E-state index in [2.05, 4.69) is 5.10 Å². The van der Waals surface area contributed by atoms with Crippen molar-refractivity contribution in [3.63, 3.8) is 0 Å². The van der Waals surface area contributed by atoms with E-state index in [4.69, 9.17) is 9.47 Å². The second-order valence-corrected chi connectivity index (χ2v) is 5.41. The molecule has 2 unspecified atom stereocenters. The number of carbonyl (C=O) groups excluding carboxylic acids is 1. The van der Waals surface area contributed by atoms with E-state index in [0.717, 1.165) is 5.69 Å². The molecule has 122 valence electrons. The normalized spacial score (nSPS) is 21.2. The van der Waals surface area contributed by atoms with Crippen molar-refractivity contribution in [3.8, 4) is 5.75 Å². The van der Waals surface area contributed by atoms with Gasteiger partial charge in [0.15, 0.2) is 12.4 Å². The highest BCUT2D eigenvalue weighted by molar-refractivity contribution is 5.85. The molecule has 1 amide bonds. The van der Waals surface area contributed by atoms with Crippen LogP contribution in [0.15, 0.2) is 0 Å². The molecule has 2 heterocycles. The lowest BCUT2D eigenvalue weighted by Crippen LogP contribution is -2.43. The largest absolute Gasteiger partial charge is 0.480 e. The molecule has 0 spiro atoms. The first-order valence-electron chi connectivity index (χ1n) is 7.03. The Morgan fingerprint density at radius 2 is 2.09 bits per heavy atom. The van der Waals surface area contributed by atoms with E-state index in [1.54, 1.807) is 18.7 Å². The monoisotopic (exact) mass is 311 g/mol. The second-order valence-electron chi connectivity index (χ2n) is 5.41. The molecule has 8 heteroatoms. The molecular weight excluding hydrogens is 290 g/mol. The van der Waals surface area contributed by atoms with Crippen molar-refractivity contribution < 1.29 is 24.2 Å². The van der Waals surface area contributed by atoms with E-state index in [-0.39, 0.29) is 25.2 Å². The van der Waals surface area contributed by atoms with E-state index in [9.17, 15) is 14.7 Å². The van der Waals surface area contributed by atoms with Gasteiger partial charge < -0.3 is 19.5 Å². The molecule has 1 saturated heterocycles. The van der Waals surface area contributed by atoms with Gasteiger partial charge in [-0.1, -0.05) is 0 Å². The Bertz CT molecular complexity index is 583. The fourth-order valence-corrected chi connectivity index (χ4v) is 2.66. The van der Waals surface area contributed by atoms with Crippen LogP contribution in [-0.4, -0.2) is 64.1 Å². The minimum Gasteiger partial charge on any atom is -0.480 e. The molecule has 0 aliphatic carbocycles. The second kappa shape index (κ2) is 6.35. The zero-order chi connectivity index (χ0) is 16.4. The zero-order valence-electron chi connectivity index (χ0n) is 13.2. The first-order chi connectivity index (χ1) is 10.3. The van der Waals surface area contributed by atoms with Gasteiger partial charge in [-0.2, -0.15) is 5.10 Å². The van der Waals surface area contributed by atoms with Gasteiger partial charge in [0.2, 0.25) is 0 Å². The number of carbonyl (C=O) groups is 2. The summed E-state index contributed by atoms with van der Waals surface area (Å²) in [6.07, 6.45) is 0.0367. The van der Waals surface area contributed by atoms with Crippen molar-refractivity contribution in [2.75, 3.05) is 20.3 Å². The third kappa shape index (κ3) is 3.06. The van der Waals surface area contributed by atoms with Crippen molar-refractivity contribution in [2.24, 2.45) is 7.05 Å². The number of methoxy groups -OCH3 is 1. The molecular formula is C14H21N3O5. The summed E-state index contributed by atoms with van der Waals surface area (Å²) in [5.74, 6) is -0.832. The molecule has 0 radical (unpaired) electrons. The Morgan fingerprint density at radius 1 is 1.41 bits per heavy atom. The van der Waals surface area contributed by atoms with E-state index in [1.165, 1.54) is 12.0 Å². The fraction of sp³-hybridized carbons (Fsp3) is 0.643. The van der Waals surface area contributed by atoms with Crippen molar-refractivity contribution in [2.45, 2.75) is 32.4 Å². The number of carboxylic acids is 1. The summed E-state index contributed by atoms with van der Waals surface area (Å²) in [5.41, 5.74) is 1.51. The van der Waals surface area contributed by atoms with Gasteiger partial charge in [0.1, 0.15) is 11.7 Å². The Balaban J connectivity index is 2.03. The standard InChI is InChI=1S/C14H21N3O5/c1-8-13(9(2)16(3)15-8)22-7-12(18)17-6-10(21-4)5-11(17)14(19)20/h10-11H,5-7H2,1-4H3,(H,19,20). The zero-order valence-corrected chi connectivity index (χ0v) is 13.2. The minimum atomic E-state index is -1.03. The van der Waals surface area contributed by atoms with E-state index in [0.29, 0.717) is 17.9 Å². The van der Waals surface area contributed by atoms with E-state index < -0.39 is 12.0 Å². The summed E-state index contributed by atoms with van der Waals surface area (Å²) < 4.78 is 12.4. The average molecular weight is 311 g/mol. The molecule has 8 nitrogen and oxygen atoms in total. The van der Waals surface area contributed by atoms with Crippen LogP contribution in [0.3, 0.4) is 0 Å². The summed E-state index contributed by atoms with van der Waals surface area (Å²) in [6.45, 7) is 3.69. The molecule has 1 N–H and O–H groups in total. The Morgan fingerprint density at radius 3 is 2.59 bits per heavy atom. The predicted molar refractivity (Wildman–Crippen MR) is 76.7 cm³/mol. The van der Waals surface area contributed by atoms with E-state index >= 15 is 0 Å². The Hall–Kier alpha value is -2.09. The van der Waals surface area contributed by atoms with Gasteiger partial charge in [-0.25, -0.2) is 4.79 Å². The molecule has 0 bridgehead atoms. The van der Waals surface area contributed by atoms with Gasteiger partial charge in [-0.15, -0.1) is 0 Å². The smallest absolute Gasteiger partial charge is 0.326 e. The highest BCUT2D eigenvalue weighted by Crippen LogP contribution is 2.23. The van der Waals surface area contributed by atoms with Crippen LogP contribution in [0.25, 0.3) is 0 Å². The topological polar surface area (TPSA) is 93.9 Å². The first kappa shape index (κ1) is 16.3. The maximum absolute atomic E-state index is 12.3. The number of carboxylic acid groups (broad SMARTS) is 1. The third-order valence-electron chi connectivity index (χ3n) is 3.98. The maximum Gasteiger partial charge on any atom is 0.326 e. The summed E-state index contributed by atoms with van der Waals surface area (Å²) in [5, 5.41) is 13.4. The molecule has 2 rings (SSSR count). The van der Waals surface area contributed by atoms with Crippen LogP contribution in [0, 0.1) is 13.8 Å². The number of aromatic nitrogens is 2. The SMILES string of the molecule is COC1CC(C(=O)O)N(C(=O)COc2c(C)nn(C)c2C)C1. The fourth-order valence-electron chi connectivity index (χ4n) is 2.66. The lowest BCUT2D eigenvalue weighted by Gasteiger charge is -2.21. The van der Waals surface area contributed by atoms with Crippen molar-refractivity contribution in [1.82, 2.24) is 14.7 Å². The molecule has 1 aliphatic heterocycles. The summed E-state index contributed by atoms with van der Waals surface area (Å²) >= 11 is 0. The third-order valence-corrected chi connectivity index (χ3v) is 3.98. The Labute approximate surface area is 128 Å². The van der Waals surface area contributed by atoms with Crippen LogP contribution in [-0.2, 0) is 21.4 Å². The summed E-state index contributed by atoms with van der Waals surface area (Å²) in [4.78, 5) is 24.8. The minimum absolute atomic E-state index is 0.215. The van der Waals surface area contributed by atoms with E-state index in [1.807, 2.05) is 6.92 Å². The number of hydrogen-bond donors (Lipinski definition) is 1. The van der Waals surface area contributed by atoms with Crippen LogP contribution in [0.5, 0.6) is 5.75 Å². The predicted octanol–water partition coefficient (Wildman–Crippen LogP) is 0.116. The van der Waals surface area contributed by atoms with Crippen LogP contribution >= 0.6 is 0 Å². The van der Waals surface area contributed by atoms with Crippen molar-refractivity contribution in [3.05, 3.63) is 11.4 Å². The first-order valence-corrected chi connectivity index (χ1v) is 7.03. The van der Waals surface area contributed by atoms with Gasteiger partial charge in [-0.05, 0) is 13.8 Å². The highest BCUT2D eigenvalue weighted by Gasteiger charge is 2.39. The maximum atomic E-state index is 12.3. The lowest BCUT2D eigenvalue weighted by atomic mass is 10.2. The molecule has 1 aliphatic rings. The number of aliphatic carboxylic acids is 1. The van der Waals surface area contributed by atoms with Gasteiger partial charge in [0, 0.05) is 27.1 Å². The highest BCUT2D eigenvalue weighted by atomic mass is 16.5. The lowest BCUT2D eigenvalue weighted by molar-refractivity contribution is -0.149. The Kier molecular flexibility index (Phi) is 4.70. The molecule has 0 saturated carbocycles. The van der Waals surface area contributed by atoms with Crippen molar-refractivity contribution >= 4 is 11.9 Å². The van der Waals surface area contributed by atoms with Crippen LogP contribution in [0.1, 0.15) is 17.8 Å². The van der Waals surface area contributed by atoms with Crippen LogP contribution < -0.4 is 4.74 Å². The molecule has 1 fully saturated rings. The molecule has 22 heavy (non-hydrogen) atoms. The number of rotatable bonds is 5.